The van der Waals surface area contributed by atoms with Crippen LogP contribution in [0.3, 0.4) is 0 Å². The molecule has 0 aromatic heterocycles. The molecular formula is C13H17ClN2O. The van der Waals surface area contributed by atoms with Gasteiger partial charge in [-0.05, 0) is 30.5 Å². The minimum absolute atomic E-state index is 0.0617. The van der Waals surface area contributed by atoms with E-state index < -0.39 is 0 Å². The van der Waals surface area contributed by atoms with Crippen molar-refractivity contribution in [2.75, 3.05) is 0 Å². The summed E-state index contributed by atoms with van der Waals surface area (Å²) in [6.07, 6.45) is 0.484. The molecule has 17 heavy (non-hydrogen) atoms. The van der Waals surface area contributed by atoms with Crippen molar-refractivity contribution in [2.24, 2.45) is 11.0 Å². The predicted octanol–water partition coefficient (Wildman–Crippen LogP) is 3.23. The van der Waals surface area contributed by atoms with Gasteiger partial charge in [0.05, 0.1) is 5.71 Å². The number of halogens is 1. The predicted molar refractivity (Wildman–Crippen MR) is 71.3 cm³/mol. The molecule has 0 fully saturated rings. The van der Waals surface area contributed by atoms with Crippen LogP contribution in [0.25, 0.3) is 0 Å². The number of hydrazone groups is 1. The Morgan fingerprint density at radius 2 is 1.94 bits per heavy atom. The number of carbonyl (C=O) groups is 1. The lowest BCUT2D eigenvalue weighted by molar-refractivity contribution is -0.121. The highest BCUT2D eigenvalue weighted by Gasteiger charge is 2.03. The van der Waals surface area contributed by atoms with Crippen molar-refractivity contribution in [1.29, 1.82) is 0 Å². The van der Waals surface area contributed by atoms with Crippen LogP contribution in [0.2, 0.25) is 5.02 Å². The Labute approximate surface area is 107 Å². The van der Waals surface area contributed by atoms with E-state index in [0.717, 1.165) is 11.3 Å². The molecule has 0 atom stereocenters. The third-order valence-electron chi connectivity index (χ3n) is 2.20. The van der Waals surface area contributed by atoms with Gasteiger partial charge in [-0.1, -0.05) is 37.6 Å². The second kappa shape index (κ2) is 6.40. The Bertz CT molecular complexity index is 410. The largest absolute Gasteiger partial charge is 0.273 e. The SMILES string of the molecule is CC(=NNC(=O)CC(C)C)c1ccc(Cl)cc1. The lowest BCUT2D eigenvalue weighted by atomic mass is 10.1. The third kappa shape index (κ3) is 5.00. The minimum Gasteiger partial charge on any atom is -0.273 e. The molecule has 0 bridgehead atoms. The molecule has 0 heterocycles. The maximum absolute atomic E-state index is 11.4. The Morgan fingerprint density at radius 1 is 1.35 bits per heavy atom. The zero-order chi connectivity index (χ0) is 12.8. The highest BCUT2D eigenvalue weighted by atomic mass is 35.5. The van der Waals surface area contributed by atoms with Gasteiger partial charge in [-0.2, -0.15) is 5.10 Å². The standard InChI is InChI=1S/C13H17ClN2O/c1-9(2)8-13(17)16-15-10(3)11-4-6-12(14)7-5-11/h4-7,9H,8H2,1-3H3,(H,16,17). The van der Waals surface area contributed by atoms with Crippen LogP contribution in [-0.2, 0) is 4.79 Å². The summed E-state index contributed by atoms with van der Waals surface area (Å²) in [7, 11) is 0. The lowest BCUT2D eigenvalue weighted by Gasteiger charge is -2.04. The Kier molecular flexibility index (Phi) is 5.16. The van der Waals surface area contributed by atoms with E-state index in [1.54, 1.807) is 12.1 Å². The summed E-state index contributed by atoms with van der Waals surface area (Å²) in [5.74, 6) is 0.273. The van der Waals surface area contributed by atoms with E-state index in [9.17, 15) is 4.79 Å². The summed E-state index contributed by atoms with van der Waals surface area (Å²) in [5, 5.41) is 4.74. The van der Waals surface area contributed by atoms with Gasteiger partial charge in [0.15, 0.2) is 0 Å². The zero-order valence-electron chi connectivity index (χ0n) is 10.3. The molecular weight excluding hydrogens is 236 g/mol. The van der Waals surface area contributed by atoms with Crippen molar-refractivity contribution in [3.8, 4) is 0 Å². The van der Waals surface area contributed by atoms with E-state index in [4.69, 9.17) is 11.6 Å². The number of nitrogens with one attached hydrogen (secondary N) is 1. The Hall–Kier alpha value is -1.35. The molecule has 1 aromatic rings. The molecule has 0 spiro atoms. The molecule has 3 nitrogen and oxygen atoms in total. The number of hydrogen-bond donors (Lipinski definition) is 1. The van der Waals surface area contributed by atoms with E-state index in [0.29, 0.717) is 17.4 Å². The molecule has 1 rings (SSSR count). The van der Waals surface area contributed by atoms with Crippen molar-refractivity contribution in [3.05, 3.63) is 34.9 Å². The summed E-state index contributed by atoms with van der Waals surface area (Å²) in [4.78, 5) is 11.4. The number of hydrogen-bond acceptors (Lipinski definition) is 2. The average molecular weight is 253 g/mol. The van der Waals surface area contributed by atoms with Gasteiger partial charge in [-0.15, -0.1) is 0 Å². The van der Waals surface area contributed by atoms with Crippen molar-refractivity contribution in [2.45, 2.75) is 27.2 Å². The second-order valence-electron chi connectivity index (χ2n) is 4.34. The maximum Gasteiger partial charge on any atom is 0.240 e. The Morgan fingerprint density at radius 3 is 2.47 bits per heavy atom. The number of carbonyl (C=O) groups excluding carboxylic acids is 1. The molecule has 4 heteroatoms. The van der Waals surface area contributed by atoms with Crippen LogP contribution in [0.1, 0.15) is 32.8 Å². The number of nitrogens with zero attached hydrogens (tertiary/aromatic N) is 1. The number of rotatable bonds is 4. The van der Waals surface area contributed by atoms with Crippen molar-refractivity contribution >= 4 is 23.2 Å². The molecule has 0 unspecified atom stereocenters. The average Bonchev–Trinajstić information content (AvgIpc) is 2.26. The van der Waals surface area contributed by atoms with Gasteiger partial charge >= 0.3 is 0 Å². The van der Waals surface area contributed by atoms with Crippen LogP contribution in [0, 0.1) is 5.92 Å². The molecule has 0 aliphatic heterocycles. The van der Waals surface area contributed by atoms with Crippen molar-refractivity contribution in [3.63, 3.8) is 0 Å². The summed E-state index contributed by atoms with van der Waals surface area (Å²) in [6.45, 7) is 5.84. The van der Waals surface area contributed by atoms with Crippen LogP contribution in [0.4, 0.5) is 0 Å². The van der Waals surface area contributed by atoms with E-state index in [1.807, 2.05) is 32.9 Å². The normalized spacial score (nSPS) is 11.7. The van der Waals surface area contributed by atoms with Crippen LogP contribution in [0.15, 0.2) is 29.4 Å². The van der Waals surface area contributed by atoms with E-state index in [1.165, 1.54) is 0 Å². The first-order valence-corrected chi connectivity index (χ1v) is 5.96. The van der Waals surface area contributed by atoms with Gasteiger partial charge in [0.25, 0.3) is 0 Å². The molecule has 0 aliphatic carbocycles. The van der Waals surface area contributed by atoms with E-state index in [-0.39, 0.29) is 5.91 Å². The summed E-state index contributed by atoms with van der Waals surface area (Å²) < 4.78 is 0. The molecule has 1 amide bonds. The maximum atomic E-state index is 11.4. The molecule has 1 N–H and O–H groups in total. The van der Waals surface area contributed by atoms with E-state index >= 15 is 0 Å². The first-order chi connectivity index (χ1) is 7.99. The van der Waals surface area contributed by atoms with E-state index in [2.05, 4.69) is 10.5 Å². The molecule has 0 aliphatic rings. The van der Waals surface area contributed by atoms with Gasteiger partial charge in [0.1, 0.15) is 0 Å². The van der Waals surface area contributed by atoms with Gasteiger partial charge in [-0.3, -0.25) is 4.79 Å². The monoisotopic (exact) mass is 252 g/mol. The van der Waals surface area contributed by atoms with Crippen LogP contribution in [-0.4, -0.2) is 11.6 Å². The highest BCUT2D eigenvalue weighted by molar-refractivity contribution is 6.30. The van der Waals surface area contributed by atoms with Gasteiger partial charge in [0, 0.05) is 11.4 Å². The fourth-order valence-electron chi connectivity index (χ4n) is 1.32. The molecule has 0 saturated carbocycles. The van der Waals surface area contributed by atoms with Gasteiger partial charge in [0.2, 0.25) is 5.91 Å². The quantitative estimate of drug-likeness (QED) is 0.649. The Balaban J connectivity index is 2.60. The molecule has 0 saturated heterocycles. The molecule has 92 valence electrons. The fourth-order valence-corrected chi connectivity index (χ4v) is 1.44. The molecule has 0 radical (unpaired) electrons. The first kappa shape index (κ1) is 13.7. The van der Waals surface area contributed by atoms with Crippen molar-refractivity contribution in [1.82, 2.24) is 5.43 Å². The highest BCUT2D eigenvalue weighted by Crippen LogP contribution is 2.10. The van der Waals surface area contributed by atoms with Crippen LogP contribution in [0.5, 0.6) is 0 Å². The smallest absolute Gasteiger partial charge is 0.240 e. The molecule has 1 aromatic carbocycles. The summed E-state index contributed by atoms with van der Waals surface area (Å²) >= 11 is 5.79. The van der Waals surface area contributed by atoms with Gasteiger partial charge < -0.3 is 0 Å². The number of amides is 1. The van der Waals surface area contributed by atoms with Crippen LogP contribution >= 0.6 is 11.6 Å². The topological polar surface area (TPSA) is 41.5 Å². The summed E-state index contributed by atoms with van der Waals surface area (Å²) in [5.41, 5.74) is 4.25. The van der Waals surface area contributed by atoms with Crippen molar-refractivity contribution < 1.29 is 4.79 Å². The van der Waals surface area contributed by atoms with Crippen LogP contribution < -0.4 is 5.43 Å². The lowest BCUT2D eigenvalue weighted by Crippen LogP contribution is -2.20. The van der Waals surface area contributed by atoms with Gasteiger partial charge in [-0.25, -0.2) is 5.43 Å². The fraction of sp³-hybridized carbons (Fsp3) is 0.385. The number of benzene rings is 1. The minimum atomic E-state index is -0.0617. The third-order valence-corrected chi connectivity index (χ3v) is 2.46. The first-order valence-electron chi connectivity index (χ1n) is 5.58. The summed E-state index contributed by atoms with van der Waals surface area (Å²) in [6, 6.07) is 7.34. The zero-order valence-corrected chi connectivity index (χ0v) is 11.1. The second-order valence-corrected chi connectivity index (χ2v) is 4.77.